The number of amides is 2. The average Bonchev–Trinajstić information content (AvgIpc) is 3.00. The van der Waals surface area contributed by atoms with Crippen molar-refractivity contribution in [2.24, 2.45) is 0 Å². The first-order chi connectivity index (χ1) is 20.1. The zero-order valence-electron chi connectivity index (χ0n) is 24.4. The fourth-order valence-electron chi connectivity index (χ4n) is 4.59. The van der Waals surface area contributed by atoms with Gasteiger partial charge in [-0.25, -0.2) is 9.97 Å². The van der Waals surface area contributed by atoms with E-state index < -0.39 is 6.10 Å². The van der Waals surface area contributed by atoms with Gasteiger partial charge in [-0.05, 0) is 69.6 Å². The quantitative estimate of drug-likeness (QED) is 0.376. The van der Waals surface area contributed by atoms with Gasteiger partial charge in [-0.1, -0.05) is 0 Å². The monoisotopic (exact) mass is 571 g/mol. The molecule has 0 bridgehead atoms. The van der Waals surface area contributed by atoms with Crippen molar-refractivity contribution in [2.45, 2.75) is 32.0 Å². The minimum atomic E-state index is -1.01. The van der Waals surface area contributed by atoms with Crippen molar-refractivity contribution in [3.05, 3.63) is 65.9 Å². The lowest BCUT2D eigenvalue weighted by molar-refractivity contribution is -0.141. The number of piperidine rings is 1. The molecule has 2 aromatic carbocycles. The summed E-state index contributed by atoms with van der Waals surface area (Å²) in [7, 11) is 5.74. The molecule has 3 aromatic rings. The molecule has 0 unspecified atom stereocenters. The second kappa shape index (κ2) is 13.9. The number of carbonyl (C=O) groups is 2. The van der Waals surface area contributed by atoms with Gasteiger partial charge >= 0.3 is 0 Å². The number of ether oxygens (including phenoxy) is 1. The molecule has 1 aromatic heterocycles. The lowest BCUT2D eigenvalue weighted by atomic mass is 10.1. The molecule has 0 aliphatic carbocycles. The molecule has 220 valence electrons. The molecule has 0 spiro atoms. The molecule has 2 heterocycles. The van der Waals surface area contributed by atoms with Crippen LogP contribution in [-0.4, -0.2) is 101 Å². The number of hydrogen-bond acceptors (Lipinski definition) is 9. The Labute approximate surface area is 246 Å². The Bertz CT molecular complexity index is 1430. The van der Waals surface area contributed by atoms with Gasteiger partial charge in [-0.15, -0.1) is 0 Å². The van der Waals surface area contributed by atoms with Gasteiger partial charge in [0.2, 0.25) is 5.95 Å². The van der Waals surface area contributed by atoms with Crippen molar-refractivity contribution in [1.82, 2.24) is 24.7 Å². The third-order valence-electron chi connectivity index (χ3n) is 7.07. The minimum Gasteiger partial charge on any atom is -0.489 e. The van der Waals surface area contributed by atoms with E-state index in [1.54, 1.807) is 53.4 Å². The van der Waals surface area contributed by atoms with Gasteiger partial charge in [-0.3, -0.25) is 9.59 Å². The zero-order chi connectivity index (χ0) is 30.2. The van der Waals surface area contributed by atoms with E-state index in [4.69, 9.17) is 4.74 Å². The number of nitriles is 1. The Hall–Kier alpha value is -4.53. The standard InChI is InChI=1S/C31H37N7O4/c1-21(39)29(40)38-15-12-26(13-16-38)42-28-10-7-23(19-24(28)20-32)27-11-14-33-31(35-27)34-25-8-5-22(6-9-25)30(41)37(4)18-17-36(2)3/h5-11,14,19,21,26,39H,12-13,15-18H2,1-4H3,(H,33,34,35)/t21-/m0/s1. The van der Waals surface area contributed by atoms with Crippen molar-refractivity contribution in [1.29, 1.82) is 5.26 Å². The number of benzene rings is 2. The second-order valence-electron chi connectivity index (χ2n) is 10.6. The van der Waals surface area contributed by atoms with Crippen molar-refractivity contribution in [3.63, 3.8) is 0 Å². The lowest BCUT2D eigenvalue weighted by Crippen LogP contribution is -2.45. The Morgan fingerprint density at radius 1 is 1.12 bits per heavy atom. The molecule has 0 radical (unpaired) electrons. The van der Waals surface area contributed by atoms with Gasteiger partial charge in [0.25, 0.3) is 11.8 Å². The minimum absolute atomic E-state index is 0.0423. The van der Waals surface area contributed by atoms with Crippen LogP contribution in [0.2, 0.25) is 0 Å². The van der Waals surface area contributed by atoms with E-state index in [1.165, 1.54) is 6.92 Å². The number of carbonyl (C=O) groups excluding carboxylic acids is 2. The van der Waals surface area contributed by atoms with Gasteiger partial charge in [-0.2, -0.15) is 5.26 Å². The first-order valence-corrected chi connectivity index (χ1v) is 13.9. The maximum atomic E-state index is 12.7. The number of nitrogens with one attached hydrogen (secondary N) is 1. The fraction of sp³-hybridized carbons (Fsp3) is 0.387. The number of likely N-dealkylation sites (N-methyl/N-ethyl adjacent to an activating group) is 2. The fourth-order valence-corrected chi connectivity index (χ4v) is 4.59. The van der Waals surface area contributed by atoms with Crippen molar-refractivity contribution >= 4 is 23.5 Å². The van der Waals surface area contributed by atoms with Gasteiger partial charge in [0.05, 0.1) is 11.3 Å². The third-order valence-corrected chi connectivity index (χ3v) is 7.07. The van der Waals surface area contributed by atoms with E-state index >= 15 is 0 Å². The second-order valence-corrected chi connectivity index (χ2v) is 10.6. The first kappa shape index (κ1) is 30.4. The molecule has 1 aliphatic rings. The molecule has 1 fully saturated rings. The van der Waals surface area contributed by atoms with E-state index in [0.717, 1.165) is 17.8 Å². The Balaban J connectivity index is 1.39. The number of likely N-dealkylation sites (tertiary alicyclic amines) is 1. The predicted octanol–water partition coefficient (Wildman–Crippen LogP) is 3.14. The molecule has 1 atom stereocenters. The zero-order valence-corrected chi connectivity index (χ0v) is 24.4. The van der Waals surface area contributed by atoms with E-state index in [0.29, 0.717) is 61.0 Å². The Kier molecular flexibility index (Phi) is 10.1. The normalized spacial score (nSPS) is 14.3. The SMILES string of the molecule is C[C@H](O)C(=O)N1CCC(Oc2ccc(-c3ccnc(Nc4ccc(C(=O)N(C)CCN(C)C)cc4)n3)cc2C#N)CC1. The van der Waals surface area contributed by atoms with Gasteiger partial charge in [0.15, 0.2) is 0 Å². The van der Waals surface area contributed by atoms with Crippen LogP contribution in [0.1, 0.15) is 35.7 Å². The molecule has 2 N–H and O–H groups in total. The summed E-state index contributed by atoms with van der Waals surface area (Å²) >= 11 is 0. The van der Waals surface area contributed by atoms with Gasteiger partial charge < -0.3 is 29.9 Å². The number of rotatable bonds is 10. The molecule has 42 heavy (non-hydrogen) atoms. The summed E-state index contributed by atoms with van der Waals surface area (Å²) in [5, 5.41) is 22.5. The summed E-state index contributed by atoms with van der Waals surface area (Å²) in [5.74, 6) is 0.544. The number of aliphatic hydroxyl groups excluding tert-OH is 1. The Morgan fingerprint density at radius 3 is 2.48 bits per heavy atom. The Morgan fingerprint density at radius 2 is 1.83 bits per heavy atom. The maximum absolute atomic E-state index is 12.7. The average molecular weight is 572 g/mol. The molecule has 2 amide bonds. The summed E-state index contributed by atoms with van der Waals surface area (Å²) in [6, 6.07) is 16.5. The van der Waals surface area contributed by atoms with Crippen LogP contribution < -0.4 is 10.1 Å². The van der Waals surface area contributed by atoms with Crippen LogP contribution in [-0.2, 0) is 4.79 Å². The molecule has 11 heteroatoms. The molecular formula is C31H37N7O4. The topological polar surface area (TPSA) is 135 Å². The molecule has 4 rings (SSSR count). The van der Waals surface area contributed by atoms with E-state index in [1.807, 2.05) is 37.2 Å². The highest BCUT2D eigenvalue weighted by Crippen LogP contribution is 2.28. The van der Waals surface area contributed by atoms with Gasteiger partial charge in [0.1, 0.15) is 24.0 Å². The third kappa shape index (κ3) is 7.81. The van der Waals surface area contributed by atoms with Crippen molar-refractivity contribution in [3.8, 4) is 23.1 Å². The molecular weight excluding hydrogens is 534 g/mol. The number of aliphatic hydroxyl groups is 1. The molecule has 11 nitrogen and oxygen atoms in total. The molecule has 1 saturated heterocycles. The van der Waals surface area contributed by atoms with Gasteiger partial charge in [0, 0.05) is 69.1 Å². The summed E-state index contributed by atoms with van der Waals surface area (Å²) in [4.78, 5) is 39.0. The summed E-state index contributed by atoms with van der Waals surface area (Å²) in [5.41, 5.74) is 3.10. The number of hydrogen-bond donors (Lipinski definition) is 2. The lowest BCUT2D eigenvalue weighted by Gasteiger charge is -2.33. The number of anilines is 2. The summed E-state index contributed by atoms with van der Waals surface area (Å²) in [6.45, 7) is 3.89. The van der Waals surface area contributed by atoms with Crippen LogP contribution in [0.25, 0.3) is 11.3 Å². The smallest absolute Gasteiger partial charge is 0.253 e. The van der Waals surface area contributed by atoms with E-state index in [9.17, 15) is 20.0 Å². The highest BCUT2D eigenvalue weighted by Gasteiger charge is 2.26. The first-order valence-electron chi connectivity index (χ1n) is 13.9. The van der Waals surface area contributed by atoms with Crippen LogP contribution in [0.4, 0.5) is 11.6 Å². The van der Waals surface area contributed by atoms with Crippen LogP contribution >= 0.6 is 0 Å². The maximum Gasteiger partial charge on any atom is 0.253 e. The highest BCUT2D eigenvalue weighted by atomic mass is 16.5. The van der Waals surface area contributed by atoms with Crippen molar-refractivity contribution in [2.75, 3.05) is 52.6 Å². The van der Waals surface area contributed by atoms with Crippen LogP contribution in [0.5, 0.6) is 5.75 Å². The van der Waals surface area contributed by atoms with Crippen LogP contribution in [0.3, 0.4) is 0 Å². The summed E-state index contributed by atoms with van der Waals surface area (Å²) in [6.07, 6.45) is 1.74. The highest BCUT2D eigenvalue weighted by molar-refractivity contribution is 5.94. The van der Waals surface area contributed by atoms with Crippen molar-refractivity contribution < 1.29 is 19.4 Å². The molecule has 0 saturated carbocycles. The van der Waals surface area contributed by atoms with E-state index in [-0.39, 0.29) is 17.9 Å². The number of nitrogens with zero attached hydrogens (tertiary/aromatic N) is 6. The largest absolute Gasteiger partial charge is 0.489 e. The van der Waals surface area contributed by atoms with Crippen LogP contribution in [0.15, 0.2) is 54.7 Å². The predicted molar refractivity (Wildman–Crippen MR) is 159 cm³/mol. The van der Waals surface area contributed by atoms with E-state index in [2.05, 4.69) is 21.4 Å². The molecule has 1 aliphatic heterocycles. The number of aromatic nitrogens is 2. The van der Waals surface area contributed by atoms with Crippen LogP contribution in [0, 0.1) is 11.3 Å². The summed E-state index contributed by atoms with van der Waals surface area (Å²) < 4.78 is 6.13.